The Balaban J connectivity index is 1.13. The summed E-state index contributed by atoms with van der Waals surface area (Å²) < 4.78 is 110. The molecule has 19 heteroatoms. The predicted octanol–water partition coefficient (Wildman–Crippen LogP) is 11.8. The summed E-state index contributed by atoms with van der Waals surface area (Å²) in [4.78, 5) is 55.6. The Morgan fingerprint density at radius 3 is 0.938 bits per heavy atom. The van der Waals surface area contributed by atoms with Gasteiger partial charge in [0.1, 0.15) is 61.5 Å². The zero-order valence-corrected chi connectivity index (χ0v) is 56.6. The molecular formula is C77H94O19. The number of esters is 4. The fourth-order valence-electron chi connectivity index (χ4n) is 10.8. The van der Waals surface area contributed by atoms with Crippen LogP contribution in [0.25, 0.3) is 0 Å². The maximum absolute atomic E-state index is 14.6. The second kappa shape index (κ2) is 34.8. The molecular weight excluding hydrogens is 1230 g/mol. The van der Waals surface area contributed by atoms with E-state index in [-0.39, 0.29) is 52.9 Å². The number of hydrogen-bond acceptors (Lipinski definition) is 19. The van der Waals surface area contributed by atoms with E-state index in [0.29, 0.717) is 0 Å². The van der Waals surface area contributed by atoms with E-state index >= 15 is 0 Å². The van der Waals surface area contributed by atoms with Gasteiger partial charge in [0.25, 0.3) is 0 Å². The fraction of sp³-hybridized carbons (Fsp3) is 0.481. The van der Waals surface area contributed by atoms with Crippen LogP contribution >= 0.6 is 0 Å². The third-order valence-corrected chi connectivity index (χ3v) is 16.2. The van der Waals surface area contributed by atoms with E-state index in [9.17, 15) is 20.5 Å². The molecule has 3 aliphatic heterocycles. The van der Waals surface area contributed by atoms with Crippen molar-refractivity contribution in [2.75, 3.05) is 26.4 Å². The minimum atomic E-state index is -1.53. The van der Waals surface area contributed by atoms with Crippen molar-refractivity contribution in [2.45, 2.75) is 195 Å². The van der Waals surface area contributed by atoms with E-state index in [1.807, 2.05) is 182 Å². The van der Waals surface area contributed by atoms with Crippen LogP contribution in [0.4, 0.5) is 0 Å². The van der Waals surface area contributed by atoms with Crippen LogP contribution in [0, 0.1) is 16.2 Å². The standard InChI is InChI=1S/C77H94O19/c1-51(78)82-48-59-64(86-43-54-33-21-13-22-34-54)66(88-45-56-37-25-15-26-38-56)69(96-74(81)77(8,9)10)71(92-59)91-50-60-65(87-44-55-35-23-14-24-36-55)67(89-46-57-39-27-16-28-40-57)68(95-73(80)76(5,6)7)70(93-60)90-47-58-62(84-41-52-29-17-11-18-30-52)63(85-42-53-31-19-12-20-32-53)61(49-83-58)94-72(79)75(2,3)4/h11-40,58-71H,41-50H2,1-10H3/t58?,59?,60?,61?,62-,63+,64-,65-,66-,67-,68?,69?,70+,71+/m0/s1/i49D/t49?,58?,59?,60?,61?,62-,63+,64-,65-,66-,67-,68?,69?,70+,71+. The van der Waals surface area contributed by atoms with E-state index in [1.54, 1.807) is 62.3 Å². The van der Waals surface area contributed by atoms with Gasteiger partial charge in [-0.25, -0.2) is 0 Å². The summed E-state index contributed by atoms with van der Waals surface area (Å²) in [6, 6.07) is 56.8. The Bertz CT molecular complexity index is 3350. The minimum absolute atomic E-state index is 0.00344. The molecule has 0 amide bonds. The summed E-state index contributed by atoms with van der Waals surface area (Å²) in [6.07, 6.45) is -17.2. The summed E-state index contributed by atoms with van der Waals surface area (Å²) in [5.41, 5.74) is 1.75. The highest BCUT2D eigenvalue weighted by molar-refractivity contribution is 5.76. The molecule has 3 fully saturated rings. The first-order chi connectivity index (χ1) is 46.5. The highest BCUT2D eigenvalue weighted by atomic mass is 16.8. The van der Waals surface area contributed by atoms with E-state index in [2.05, 4.69) is 0 Å². The van der Waals surface area contributed by atoms with Gasteiger partial charge in [-0.1, -0.05) is 182 Å². The zero-order chi connectivity index (χ0) is 69.1. The Hall–Kier alpha value is -7.24. The van der Waals surface area contributed by atoms with E-state index in [0.717, 1.165) is 33.4 Å². The van der Waals surface area contributed by atoms with Gasteiger partial charge in [-0.2, -0.15) is 0 Å². The first kappa shape index (κ1) is 71.5. The average Bonchev–Trinajstić information content (AvgIpc) is 0.787. The summed E-state index contributed by atoms with van der Waals surface area (Å²) in [6.45, 7) is 14.4. The number of rotatable bonds is 29. The third kappa shape index (κ3) is 21.4. The number of carbonyl (C=O) groups is 4. The minimum Gasteiger partial charge on any atom is -0.463 e. The smallest absolute Gasteiger partial charge is 0.311 e. The van der Waals surface area contributed by atoms with Crippen LogP contribution < -0.4 is 0 Å². The Labute approximate surface area is 565 Å². The molecule has 96 heavy (non-hydrogen) atoms. The lowest BCUT2D eigenvalue weighted by Gasteiger charge is -2.48. The summed E-state index contributed by atoms with van der Waals surface area (Å²) >= 11 is 0. The van der Waals surface area contributed by atoms with Crippen molar-refractivity contribution in [3.8, 4) is 0 Å². The lowest BCUT2D eigenvalue weighted by molar-refractivity contribution is -0.350. The van der Waals surface area contributed by atoms with Crippen LogP contribution in [0.3, 0.4) is 0 Å². The lowest BCUT2D eigenvalue weighted by Crippen LogP contribution is -2.65. The molecule has 0 aromatic heterocycles. The number of benzene rings is 6. The molecule has 0 N–H and O–H groups in total. The van der Waals surface area contributed by atoms with Crippen molar-refractivity contribution in [1.29, 1.82) is 0 Å². The van der Waals surface area contributed by atoms with Crippen molar-refractivity contribution >= 4 is 23.9 Å². The Morgan fingerprint density at radius 2 is 0.625 bits per heavy atom. The van der Waals surface area contributed by atoms with Gasteiger partial charge >= 0.3 is 23.9 Å². The second-order valence-corrected chi connectivity index (χ2v) is 27.3. The van der Waals surface area contributed by atoms with Gasteiger partial charge in [0.15, 0.2) is 30.9 Å². The predicted molar refractivity (Wildman–Crippen MR) is 354 cm³/mol. The average molecular weight is 1320 g/mol. The van der Waals surface area contributed by atoms with Crippen LogP contribution in [-0.4, -0.2) is 136 Å². The third-order valence-electron chi connectivity index (χ3n) is 16.2. The molecule has 0 radical (unpaired) electrons. The van der Waals surface area contributed by atoms with Crippen LogP contribution in [0.2, 0.25) is 0 Å². The molecule has 3 saturated heterocycles. The monoisotopic (exact) mass is 1320 g/mol. The molecule has 3 aliphatic rings. The van der Waals surface area contributed by atoms with Crippen molar-refractivity contribution in [3.05, 3.63) is 215 Å². The van der Waals surface area contributed by atoms with Gasteiger partial charge < -0.3 is 71.1 Å². The molecule has 0 bridgehead atoms. The molecule has 0 saturated carbocycles. The molecule has 516 valence electrons. The van der Waals surface area contributed by atoms with Crippen molar-refractivity contribution in [3.63, 3.8) is 0 Å². The van der Waals surface area contributed by atoms with Crippen LogP contribution in [0.1, 0.15) is 104 Å². The van der Waals surface area contributed by atoms with Crippen molar-refractivity contribution in [1.82, 2.24) is 0 Å². The fourth-order valence-corrected chi connectivity index (χ4v) is 10.8. The van der Waals surface area contributed by atoms with E-state index in [4.69, 9.17) is 71.1 Å². The van der Waals surface area contributed by atoms with Gasteiger partial charge in [-0.05, 0) is 95.7 Å². The quantitative estimate of drug-likeness (QED) is 0.0316. The van der Waals surface area contributed by atoms with Gasteiger partial charge in [0.05, 0.1) is 77.1 Å². The van der Waals surface area contributed by atoms with Gasteiger partial charge in [-0.15, -0.1) is 0 Å². The molecule has 0 aliphatic carbocycles. The largest absolute Gasteiger partial charge is 0.463 e. The highest BCUT2D eigenvalue weighted by Gasteiger charge is 2.55. The topological polar surface area (TPSA) is 207 Å². The van der Waals surface area contributed by atoms with Gasteiger partial charge in [0.2, 0.25) is 0 Å². The van der Waals surface area contributed by atoms with Crippen LogP contribution in [0.5, 0.6) is 0 Å². The SMILES string of the molecule is [2H]C1OC(CO[C@@H]2OC(CO[C@@H]3OC(COC(C)=O)[C@H](OCc4ccccc4)[C@H](OCc4ccccc4)C3OC(=O)C(C)(C)C)[C@H](OCc3ccccc3)[C@H](OCc3ccccc3)C2OC(=O)C(C)(C)C)[C@H](OCc2ccccc2)[C@H](OCc2ccccc2)C1OC(=O)C(C)(C)C. The molecule has 6 aromatic carbocycles. The van der Waals surface area contributed by atoms with Gasteiger partial charge in [-0.3, -0.25) is 19.2 Å². The number of hydrogen-bond donors (Lipinski definition) is 0. The van der Waals surface area contributed by atoms with Crippen LogP contribution in [-0.2, 0) is 130 Å². The van der Waals surface area contributed by atoms with Gasteiger partial charge in [0, 0.05) is 6.92 Å². The summed E-state index contributed by atoms with van der Waals surface area (Å²) in [5, 5.41) is 0. The first-order valence-corrected chi connectivity index (χ1v) is 32.8. The highest BCUT2D eigenvalue weighted by Crippen LogP contribution is 2.38. The Kier molecular flexibility index (Phi) is 25.9. The summed E-state index contributed by atoms with van der Waals surface area (Å²) in [7, 11) is 0. The molecule has 6 aromatic rings. The normalized spacial score (nSPS) is 26.4. The molecule has 3 heterocycles. The molecule has 7 unspecified atom stereocenters. The van der Waals surface area contributed by atoms with Crippen LogP contribution in [0.15, 0.2) is 182 Å². The lowest BCUT2D eigenvalue weighted by atomic mass is 9.94. The Morgan fingerprint density at radius 1 is 0.354 bits per heavy atom. The molecule has 0 spiro atoms. The van der Waals surface area contributed by atoms with E-state index in [1.165, 1.54) is 6.92 Å². The maximum atomic E-state index is 14.6. The zero-order valence-electron chi connectivity index (χ0n) is 57.6. The van der Waals surface area contributed by atoms with Crippen molar-refractivity contribution < 1.29 is 91.6 Å². The second-order valence-electron chi connectivity index (χ2n) is 27.3. The maximum Gasteiger partial charge on any atom is 0.311 e. The number of ether oxygens (including phenoxy) is 15. The molecule has 19 nitrogen and oxygen atoms in total. The van der Waals surface area contributed by atoms with E-state index < -0.39 is 139 Å². The molecule has 9 rings (SSSR count). The first-order valence-electron chi connectivity index (χ1n) is 33.4. The van der Waals surface area contributed by atoms with Crippen molar-refractivity contribution in [2.24, 2.45) is 16.2 Å². The summed E-state index contributed by atoms with van der Waals surface area (Å²) in [5.74, 6) is -2.39. The molecule has 15 atom stereocenters. The number of carbonyl (C=O) groups excluding carboxylic acids is 4.